The van der Waals surface area contributed by atoms with Crippen molar-refractivity contribution in [1.82, 2.24) is 9.78 Å². The number of anilines is 1. The lowest BCUT2D eigenvalue weighted by Crippen LogP contribution is -2.18. The van der Waals surface area contributed by atoms with Crippen LogP contribution < -0.4 is 5.73 Å². The highest BCUT2D eigenvalue weighted by molar-refractivity contribution is 6.33. The first-order valence-electron chi connectivity index (χ1n) is 6.57. The molecule has 5 heteroatoms. The smallest absolute Gasteiger partial charge is 0.132 e. The maximum absolute atomic E-state index is 14.2. The van der Waals surface area contributed by atoms with Crippen LogP contribution in [0.4, 0.5) is 10.2 Å². The molecule has 0 saturated heterocycles. The van der Waals surface area contributed by atoms with Gasteiger partial charge >= 0.3 is 0 Å². The third-order valence-electron chi connectivity index (χ3n) is 3.83. The molecule has 3 nitrogen and oxygen atoms in total. The van der Waals surface area contributed by atoms with E-state index in [-0.39, 0.29) is 11.2 Å². The highest BCUT2D eigenvalue weighted by Crippen LogP contribution is 2.41. The van der Waals surface area contributed by atoms with E-state index in [1.54, 1.807) is 23.9 Å². The van der Waals surface area contributed by atoms with Crippen molar-refractivity contribution in [1.29, 1.82) is 0 Å². The molecule has 0 amide bonds. The molecular formula is C15H19ClFN3. The average molecular weight is 296 g/mol. The summed E-state index contributed by atoms with van der Waals surface area (Å²) >= 11 is 6.18. The van der Waals surface area contributed by atoms with E-state index >= 15 is 0 Å². The fourth-order valence-electron chi connectivity index (χ4n) is 2.16. The van der Waals surface area contributed by atoms with Crippen LogP contribution in [0.25, 0.3) is 11.1 Å². The lowest BCUT2D eigenvalue weighted by Gasteiger charge is -2.22. The molecule has 0 aliphatic rings. The molecule has 0 spiro atoms. The molecule has 0 fully saturated rings. The molecule has 108 valence electrons. The molecule has 2 aromatic rings. The SMILES string of the molecule is CCC(C)(C)c1nn(C)c(N)c1-c1c(F)cccc1Cl. The number of nitrogen functional groups attached to an aromatic ring is 1. The van der Waals surface area contributed by atoms with Gasteiger partial charge in [0.05, 0.1) is 16.3 Å². The molecule has 0 aliphatic carbocycles. The first-order chi connectivity index (χ1) is 9.29. The minimum absolute atomic E-state index is 0.212. The van der Waals surface area contributed by atoms with Crippen LogP contribution in [-0.2, 0) is 12.5 Å². The van der Waals surface area contributed by atoms with Crippen LogP contribution in [0.3, 0.4) is 0 Å². The maximum atomic E-state index is 14.2. The Bertz CT molecular complexity index is 627. The van der Waals surface area contributed by atoms with Gasteiger partial charge in [0, 0.05) is 18.0 Å². The summed E-state index contributed by atoms with van der Waals surface area (Å²) in [5.41, 5.74) is 7.59. The van der Waals surface area contributed by atoms with Crippen molar-refractivity contribution < 1.29 is 4.39 Å². The minimum Gasteiger partial charge on any atom is -0.383 e. The predicted molar refractivity (Wildman–Crippen MR) is 81.3 cm³/mol. The molecule has 1 aromatic carbocycles. The highest BCUT2D eigenvalue weighted by atomic mass is 35.5. The van der Waals surface area contributed by atoms with Gasteiger partial charge in [-0.3, -0.25) is 4.68 Å². The fourth-order valence-corrected chi connectivity index (χ4v) is 2.42. The van der Waals surface area contributed by atoms with Crippen molar-refractivity contribution in [3.8, 4) is 11.1 Å². The van der Waals surface area contributed by atoms with Crippen molar-refractivity contribution in [3.63, 3.8) is 0 Å². The Hall–Kier alpha value is -1.55. The number of halogens is 2. The van der Waals surface area contributed by atoms with Crippen LogP contribution in [-0.4, -0.2) is 9.78 Å². The number of rotatable bonds is 3. The van der Waals surface area contributed by atoms with Gasteiger partial charge in [0.15, 0.2) is 0 Å². The van der Waals surface area contributed by atoms with Gasteiger partial charge in [0.25, 0.3) is 0 Å². The van der Waals surface area contributed by atoms with Gasteiger partial charge < -0.3 is 5.73 Å². The predicted octanol–water partition coefficient (Wildman–Crippen LogP) is 4.15. The second-order valence-electron chi connectivity index (χ2n) is 5.57. The van der Waals surface area contributed by atoms with Gasteiger partial charge in [0.2, 0.25) is 0 Å². The molecule has 1 heterocycles. The summed E-state index contributed by atoms with van der Waals surface area (Å²) in [7, 11) is 1.75. The second-order valence-corrected chi connectivity index (χ2v) is 5.97. The Morgan fingerprint density at radius 2 is 2.00 bits per heavy atom. The molecule has 0 bridgehead atoms. The van der Waals surface area contributed by atoms with Crippen LogP contribution in [0.15, 0.2) is 18.2 Å². The minimum atomic E-state index is -0.384. The first-order valence-corrected chi connectivity index (χ1v) is 6.94. The largest absolute Gasteiger partial charge is 0.383 e. The fraction of sp³-hybridized carbons (Fsp3) is 0.400. The zero-order chi connectivity index (χ0) is 15.1. The van der Waals surface area contributed by atoms with Crippen molar-refractivity contribution in [3.05, 3.63) is 34.7 Å². The van der Waals surface area contributed by atoms with Crippen LogP contribution in [0, 0.1) is 5.82 Å². The van der Waals surface area contributed by atoms with Gasteiger partial charge in [-0.15, -0.1) is 0 Å². The number of benzene rings is 1. The van der Waals surface area contributed by atoms with E-state index in [1.807, 2.05) is 0 Å². The molecule has 0 radical (unpaired) electrons. The monoisotopic (exact) mass is 295 g/mol. The maximum Gasteiger partial charge on any atom is 0.132 e. The van der Waals surface area contributed by atoms with E-state index in [0.717, 1.165) is 12.1 Å². The summed E-state index contributed by atoms with van der Waals surface area (Å²) in [5, 5.41) is 4.82. The number of nitrogens with zero attached hydrogens (tertiary/aromatic N) is 2. The summed E-state index contributed by atoms with van der Waals surface area (Å²) in [5.74, 6) is 0.0406. The molecule has 20 heavy (non-hydrogen) atoms. The normalized spacial score (nSPS) is 11.9. The number of aromatic nitrogens is 2. The molecule has 0 saturated carbocycles. The van der Waals surface area contributed by atoms with Gasteiger partial charge in [-0.2, -0.15) is 5.10 Å². The van der Waals surface area contributed by atoms with E-state index in [2.05, 4.69) is 25.9 Å². The standard InChI is InChI=1S/C15H19ClFN3/c1-5-15(2,3)13-12(14(18)20(4)19-13)11-9(16)7-6-8-10(11)17/h6-8H,5,18H2,1-4H3. The van der Waals surface area contributed by atoms with E-state index in [0.29, 0.717) is 22.0 Å². The topological polar surface area (TPSA) is 43.8 Å². The van der Waals surface area contributed by atoms with E-state index in [1.165, 1.54) is 6.07 Å². The van der Waals surface area contributed by atoms with Crippen LogP contribution >= 0.6 is 11.6 Å². The molecule has 2 N–H and O–H groups in total. The Kier molecular flexibility index (Phi) is 3.78. The third-order valence-corrected chi connectivity index (χ3v) is 4.14. The Morgan fingerprint density at radius 3 is 2.55 bits per heavy atom. The van der Waals surface area contributed by atoms with Crippen LogP contribution in [0.1, 0.15) is 32.9 Å². The van der Waals surface area contributed by atoms with Gasteiger partial charge in [-0.05, 0) is 18.6 Å². The number of nitrogens with two attached hydrogens (primary N) is 1. The van der Waals surface area contributed by atoms with Gasteiger partial charge in [0.1, 0.15) is 11.6 Å². The van der Waals surface area contributed by atoms with Crippen LogP contribution in [0.2, 0.25) is 5.02 Å². The Labute approximate surface area is 123 Å². The van der Waals surface area contributed by atoms with Crippen molar-refractivity contribution in [2.75, 3.05) is 5.73 Å². The first kappa shape index (κ1) is 14.9. The average Bonchev–Trinajstić information content (AvgIpc) is 2.68. The summed E-state index contributed by atoms with van der Waals surface area (Å²) in [6, 6.07) is 4.63. The summed E-state index contributed by atoms with van der Waals surface area (Å²) in [4.78, 5) is 0. The quantitative estimate of drug-likeness (QED) is 0.924. The number of hydrogen-bond donors (Lipinski definition) is 1. The lowest BCUT2D eigenvalue weighted by molar-refractivity contribution is 0.483. The molecular weight excluding hydrogens is 277 g/mol. The van der Waals surface area contributed by atoms with Crippen molar-refractivity contribution >= 4 is 17.4 Å². The third kappa shape index (κ3) is 2.29. The highest BCUT2D eigenvalue weighted by Gasteiger charge is 2.30. The molecule has 0 unspecified atom stereocenters. The van der Waals surface area contributed by atoms with E-state index < -0.39 is 0 Å². The zero-order valence-corrected chi connectivity index (χ0v) is 12.9. The lowest BCUT2D eigenvalue weighted by atomic mass is 9.82. The zero-order valence-electron chi connectivity index (χ0n) is 12.2. The Balaban J connectivity index is 2.81. The number of aryl methyl sites for hydroxylation is 1. The summed E-state index contributed by atoms with van der Waals surface area (Å²) in [6.45, 7) is 6.19. The molecule has 0 atom stereocenters. The summed E-state index contributed by atoms with van der Waals surface area (Å²) in [6.07, 6.45) is 0.864. The van der Waals surface area contributed by atoms with E-state index in [9.17, 15) is 4.39 Å². The molecule has 2 rings (SSSR count). The Morgan fingerprint density at radius 1 is 1.35 bits per heavy atom. The molecule has 0 aliphatic heterocycles. The van der Waals surface area contributed by atoms with Gasteiger partial charge in [-0.25, -0.2) is 4.39 Å². The van der Waals surface area contributed by atoms with Crippen molar-refractivity contribution in [2.45, 2.75) is 32.6 Å². The van der Waals surface area contributed by atoms with E-state index in [4.69, 9.17) is 17.3 Å². The van der Waals surface area contributed by atoms with Crippen molar-refractivity contribution in [2.24, 2.45) is 7.05 Å². The number of hydrogen-bond acceptors (Lipinski definition) is 2. The van der Waals surface area contributed by atoms with Crippen LogP contribution in [0.5, 0.6) is 0 Å². The molecule has 1 aromatic heterocycles. The van der Waals surface area contributed by atoms with Gasteiger partial charge in [-0.1, -0.05) is 38.4 Å². The second kappa shape index (κ2) is 5.09. The summed E-state index contributed by atoms with van der Waals surface area (Å²) < 4.78 is 15.8.